The second-order valence-electron chi connectivity index (χ2n) is 6.38. The average Bonchev–Trinajstić information content (AvgIpc) is 3.09. The highest BCUT2D eigenvalue weighted by molar-refractivity contribution is 5.58. The number of alkyl halides is 3. The van der Waals surface area contributed by atoms with Gasteiger partial charge in [-0.1, -0.05) is 18.2 Å². The quantitative estimate of drug-likeness (QED) is 0.325. The van der Waals surface area contributed by atoms with Crippen molar-refractivity contribution < 1.29 is 22.5 Å². The van der Waals surface area contributed by atoms with Crippen molar-refractivity contribution in [3.8, 4) is 11.3 Å². The van der Waals surface area contributed by atoms with Crippen LogP contribution in [0.1, 0.15) is 5.56 Å². The van der Waals surface area contributed by atoms with Crippen LogP contribution in [0.15, 0.2) is 60.8 Å². The summed E-state index contributed by atoms with van der Waals surface area (Å²) >= 11 is 0. The normalized spacial score (nSPS) is 11.8. The SMILES string of the molecule is O=[N+]([O-])c1ccccc1CN(Cn1ccc(-c2ccc(F)cc2)n1)CC(F)(F)F. The van der Waals surface area contributed by atoms with Gasteiger partial charge in [-0.2, -0.15) is 18.3 Å². The molecule has 3 aromatic rings. The Morgan fingerprint density at radius 3 is 2.41 bits per heavy atom. The highest BCUT2D eigenvalue weighted by Crippen LogP contribution is 2.24. The molecule has 0 aliphatic rings. The van der Waals surface area contributed by atoms with Gasteiger partial charge in [-0.15, -0.1) is 0 Å². The van der Waals surface area contributed by atoms with Crippen LogP contribution in [0.2, 0.25) is 0 Å². The van der Waals surface area contributed by atoms with E-state index in [0.717, 1.165) is 4.90 Å². The van der Waals surface area contributed by atoms with Crippen molar-refractivity contribution in [3.05, 3.63) is 82.3 Å². The highest BCUT2D eigenvalue weighted by atomic mass is 19.4. The van der Waals surface area contributed by atoms with Crippen LogP contribution in [0.5, 0.6) is 0 Å². The number of nitrogens with zero attached hydrogens (tertiary/aromatic N) is 4. The standard InChI is InChI=1S/C19H16F4N4O2/c20-16-7-5-14(6-8-16)17-9-10-26(24-17)13-25(12-19(21,22)23)11-15-3-1-2-4-18(15)27(28)29/h1-10H,11-13H2. The Hall–Kier alpha value is -3.27. The van der Waals surface area contributed by atoms with Crippen molar-refractivity contribution >= 4 is 5.69 Å². The van der Waals surface area contributed by atoms with Crippen LogP contribution in [-0.2, 0) is 13.2 Å². The molecule has 0 aliphatic carbocycles. The fourth-order valence-corrected chi connectivity index (χ4v) is 2.89. The lowest BCUT2D eigenvalue weighted by molar-refractivity contribution is -0.385. The maximum absolute atomic E-state index is 13.0. The lowest BCUT2D eigenvalue weighted by Gasteiger charge is -2.23. The number of aromatic nitrogens is 2. The zero-order valence-corrected chi connectivity index (χ0v) is 15.0. The lowest BCUT2D eigenvalue weighted by Crippen LogP contribution is -2.35. The first kappa shape index (κ1) is 20.5. The Kier molecular flexibility index (Phi) is 5.92. The number of hydrogen-bond acceptors (Lipinski definition) is 4. The van der Waals surface area contributed by atoms with Crippen molar-refractivity contribution in [1.82, 2.24) is 14.7 Å². The van der Waals surface area contributed by atoms with Crippen LogP contribution in [0.3, 0.4) is 0 Å². The first-order chi connectivity index (χ1) is 13.7. The van der Waals surface area contributed by atoms with Crippen LogP contribution in [0.25, 0.3) is 11.3 Å². The molecule has 0 amide bonds. The van der Waals surface area contributed by atoms with Crippen molar-refractivity contribution in [2.45, 2.75) is 19.4 Å². The molecule has 0 saturated carbocycles. The molecular formula is C19H16F4N4O2. The predicted octanol–water partition coefficient (Wildman–Crippen LogP) is 4.62. The van der Waals surface area contributed by atoms with Crippen molar-refractivity contribution in [3.63, 3.8) is 0 Å². The van der Waals surface area contributed by atoms with E-state index in [1.54, 1.807) is 6.07 Å². The summed E-state index contributed by atoms with van der Waals surface area (Å²) < 4.78 is 53.5. The van der Waals surface area contributed by atoms with Crippen molar-refractivity contribution in [2.75, 3.05) is 6.54 Å². The van der Waals surface area contributed by atoms with E-state index in [1.165, 1.54) is 59.4 Å². The smallest absolute Gasteiger partial charge is 0.271 e. The summed E-state index contributed by atoms with van der Waals surface area (Å²) in [5.41, 5.74) is 1.02. The van der Waals surface area contributed by atoms with Gasteiger partial charge in [0.25, 0.3) is 5.69 Å². The zero-order chi connectivity index (χ0) is 21.0. The number of nitro groups is 1. The predicted molar refractivity (Wildman–Crippen MR) is 97.2 cm³/mol. The van der Waals surface area contributed by atoms with Gasteiger partial charge in [0.1, 0.15) is 5.82 Å². The van der Waals surface area contributed by atoms with E-state index in [0.29, 0.717) is 11.3 Å². The third kappa shape index (κ3) is 5.61. The van der Waals surface area contributed by atoms with Gasteiger partial charge in [-0.25, -0.2) is 4.39 Å². The molecule has 0 fully saturated rings. The molecule has 6 nitrogen and oxygen atoms in total. The molecule has 29 heavy (non-hydrogen) atoms. The van der Waals surface area contributed by atoms with E-state index in [9.17, 15) is 27.7 Å². The van der Waals surface area contributed by atoms with E-state index in [2.05, 4.69) is 5.10 Å². The molecule has 1 aromatic heterocycles. The maximum Gasteiger partial charge on any atom is 0.401 e. The molecule has 0 bridgehead atoms. The summed E-state index contributed by atoms with van der Waals surface area (Å²) in [6.45, 7) is -1.76. The summed E-state index contributed by atoms with van der Waals surface area (Å²) in [6.07, 6.45) is -2.99. The summed E-state index contributed by atoms with van der Waals surface area (Å²) in [5.74, 6) is -0.408. The molecule has 0 unspecified atom stereocenters. The Balaban J connectivity index is 1.81. The number of para-hydroxylation sites is 1. The van der Waals surface area contributed by atoms with Crippen LogP contribution < -0.4 is 0 Å². The molecule has 0 aliphatic heterocycles. The minimum atomic E-state index is -4.49. The topological polar surface area (TPSA) is 64.2 Å². The number of halogens is 4. The molecule has 0 saturated heterocycles. The number of hydrogen-bond donors (Lipinski definition) is 0. The molecular weight excluding hydrogens is 392 g/mol. The molecule has 0 atom stereocenters. The summed E-state index contributed by atoms with van der Waals surface area (Å²) in [5, 5.41) is 15.4. The molecule has 10 heteroatoms. The lowest BCUT2D eigenvalue weighted by atomic mass is 10.1. The Labute approximate surface area is 163 Å². The first-order valence-corrected chi connectivity index (χ1v) is 8.52. The molecule has 2 aromatic carbocycles. The fourth-order valence-electron chi connectivity index (χ4n) is 2.89. The van der Waals surface area contributed by atoms with Crippen LogP contribution in [0.4, 0.5) is 23.2 Å². The zero-order valence-electron chi connectivity index (χ0n) is 15.0. The van der Waals surface area contributed by atoms with E-state index in [4.69, 9.17) is 0 Å². The summed E-state index contributed by atoms with van der Waals surface area (Å²) in [7, 11) is 0. The van der Waals surface area contributed by atoms with Crippen molar-refractivity contribution in [1.29, 1.82) is 0 Å². The third-order valence-electron chi connectivity index (χ3n) is 4.11. The van der Waals surface area contributed by atoms with Crippen LogP contribution in [0, 0.1) is 15.9 Å². The largest absolute Gasteiger partial charge is 0.401 e. The molecule has 1 heterocycles. The Morgan fingerprint density at radius 2 is 1.76 bits per heavy atom. The Bertz CT molecular complexity index is 986. The summed E-state index contributed by atoms with van der Waals surface area (Å²) in [4.78, 5) is 11.5. The number of rotatable bonds is 7. The van der Waals surface area contributed by atoms with Gasteiger partial charge in [0, 0.05) is 29.9 Å². The van der Waals surface area contributed by atoms with Crippen LogP contribution in [-0.4, -0.2) is 32.3 Å². The van der Waals surface area contributed by atoms with Crippen molar-refractivity contribution in [2.24, 2.45) is 0 Å². The summed E-state index contributed by atoms with van der Waals surface area (Å²) in [6, 6.07) is 12.8. The van der Waals surface area contributed by atoms with Gasteiger partial charge in [0.15, 0.2) is 0 Å². The molecule has 0 spiro atoms. The van der Waals surface area contributed by atoms with E-state index < -0.39 is 23.5 Å². The van der Waals surface area contributed by atoms with E-state index in [-0.39, 0.29) is 24.5 Å². The van der Waals surface area contributed by atoms with Gasteiger partial charge >= 0.3 is 6.18 Å². The molecule has 0 N–H and O–H groups in total. The van der Waals surface area contributed by atoms with Gasteiger partial charge in [0.2, 0.25) is 0 Å². The number of nitro benzene ring substituents is 1. The monoisotopic (exact) mass is 408 g/mol. The Morgan fingerprint density at radius 1 is 1.07 bits per heavy atom. The second-order valence-corrected chi connectivity index (χ2v) is 6.38. The molecule has 0 radical (unpaired) electrons. The van der Waals surface area contributed by atoms with E-state index in [1.807, 2.05) is 0 Å². The van der Waals surface area contributed by atoms with Gasteiger partial charge in [0.05, 0.1) is 23.8 Å². The van der Waals surface area contributed by atoms with Gasteiger partial charge < -0.3 is 0 Å². The van der Waals surface area contributed by atoms with E-state index >= 15 is 0 Å². The first-order valence-electron chi connectivity index (χ1n) is 8.52. The minimum Gasteiger partial charge on any atom is -0.271 e. The second kappa shape index (κ2) is 8.39. The van der Waals surface area contributed by atoms with Gasteiger partial charge in [-0.05, 0) is 30.3 Å². The van der Waals surface area contributed by atoms with Gasteiger partial charge in [-0.3, -0.25) is 19.7 Å². The average molecular weight is 408 g/mol. The molecule has 3 rings (SSSR count). The van der Waals surface area contributed by atoms with Crippen LogP contribution >= 0.6 is 0 Å². The minimum absolute atomic E-state index is 0.174. The number of benzene rings is 2. The fraction of sp³-hybridized carbons (Fsp3) is 0.211. The maximum atomic E-state index is 13.0. The highest BCUT2D eigenvalue weighted by Gasteiger charge is 2.31. The molecule has 152 valence electrons. The third-order valence-corrected chi connectivity index (χ3v) is 4.11.